The fraction of sp³-hybridized carbons (Fsp3) is 0.194. The Bertz CT molecular complexity index is 1780. The standard InChI is InChI=1S/C31H26Cl2N2O5S/c1-19-27(30(37)39-15-14-38-2)28(22-9-11-23(12-10-22)40-18-20-6-4-3-5-7-20)35-29(36)26(41-31(35)34-19)17-21-8-13-24(32)25(33)16-21/h3-13,16-17,28H,14-15,18H2,1-2H3. The van der Waals surface area contributed by atoms with E-state index in [0.717, 1.165) is 11.1 Å². The lowest BCUT2D eigenvalue weighted by Crippen LogP contribution is -2.40. The second-order valence-electron chi connectivity index (χ2n) is 9.23. The Kier molecular flexibility index (Phi) is 9.05. The molecule has 0 spiro atoms. The van der Waals surface area contributed by atoms with Gasteiger partial charge in [-0.25, -0.2) is 9.79 Å². The van der Waals surface area contributed by atoms with Gasteiger partial charge in [0, 0.05) is 7.11 Å². The first-order valence-electron chi connectivity index (χ1n) is 12.8. The van der Waals surface area contributed by atoms with Gasteiger partial charge in [-0.2, -0.15) is 0 Å². The molecule has 1 aliphatic heterocycles. The summed E-state index contributed by atoms with van der Waals surface area (Å²) in [7, 11) is 1.53. The molecule has 1 atom stereocenters. The van der Waals surface area contributed by atoms with E-state index in [0.29, 0.717) is 43.0 Å². The highest BCUT2D eigenvalue weighted by Gasteiger charge is 2.33. The monoisotopic (exact) mass is 608 g/mol. The van der Waals surface area contributed by atoms with Crippen molar-refractivity contribution in [2.75, 3.05) is 20.3 Å². The second-order valence-corrected chi connectivity index (χ2v) is 11.1. The fourth-order valence-electron chi connectivity index (χ4n) is 4.43. The molecular weight excluding hydrogens is 583 g/mol. The smallest absolute Gasteiger partial charge is 0.338 e. The summed E-state index contributed by atoms with van der Waals surface area (Å²) in [5.41, 5.74) is 2.95. The number of carbonyl (C=O) groups excluding carboxylic acids is 1. The summed E-state index contributed by atoms with van der Waals surface area (Å²) in [4.78, 5) is 32.2. The van der Waals surface area contributed by atoms with Crippen molar-refractivity contribution in [2.24, 2.45) is 4.99 Å². The van der Waals surface area contributed by atoms with Crippen LogP contribution >= 0.6 is 34.5 Å². The van der Waals surface area contributed by atoms with Gasteiger partial charge in [0.15, 0.2) is 4.80 Å². The van der Waals surface area contributed by atoms with Gasteiger partial charge in [-0.1, -0.05) is 83.1 Å². The van der Waals surface area contributed by atoms with Gasteiger partial charge in [0.25, 0.3) is 5.56 Å². The van der Waals surface area contributed by atoms with Crippen LogP contribution in [0.2, 0.25) is 10.0 Å². The minimum absolute atomic E-state index is 0.0762. The average Bonchev–Trinajstić information content (AvgIpc) is 3.28. The first kappa shape index (κ1) is 28.8. The van der Waals surface area contributed by atoms with E-state index in [2.05, 4.69) is 4.99 Å². The van der Waals surface area contributed by atoms with Gasteiger partial charge in [0.05, 0.1) is 38.5 Å². The number of carbonyl (C=O) groups is 1. The summed E-state index contributed by atoms with van der Waals surface area (Å²) in [5, 5.41) is 0.811. The van der Waals surface area contributed by atoms with E-state index in [1.807, 2.05) is 54.6 Å². The highest BCUT2D eigenvalue weighted by atomic mass is 35.5. The first-order valence-corrected chi connectivity index (χ1v) is 14.3. The Balaban J connectivity index is 1.55. The number of aromatic nitrogens is 1. The van der Waals surface area contributed by atoms with Gasteiger partial charge in [-0.05, 0) is 54.0 Å². The zero-order chi connectivity index (χ0) is 28.9. The molecule has 1 unspecified atom stereocenters. The maximum absolute atomic E-state index is 13.8. The molecule has 0 amide bonds. The van der Waals surface area contributed by atoms with Crippen molar-refractivity contribution in [3.05, 3.63) is 130 Å². The minimum Gasteiger partial charge on any atom is -0.489 e. The normalized spacial score (nSPS) is 14.9. The van der Waals surface area contributed by atoms with Gasteiger partial charge in [-0.15, -0.1) is 0 Å². The number of thiazole rings is 1. The van der Waals surface area contributed by atoms with E-state index in [-0.39, 0.29) is 24.3 Å². The number of benzene rings is 3. The highest BCUT2D eigenvalue weighted by molar-refractivity contribution is 7.07. The largest absolute Gasteiger partial charge is 0.489 e. The second kappa shape index (κ2) is 12.9. The van der Waals surface area contributed by atoms with Crippen molar-refractivity contribution < 1.29 is 19.0 Å². The Labute approximate surface area is 250 Å². The number of hydrogen-bond acceptors (Lipinski definition) is 7. The van der Waals surface area contributed by atoms with Crippen LogP contribution in [-0.4, -0.2) is 30.9 Å². The Morgan fingerprint density at radius 2 is 1.78 bits per heavy atom. The summed E-state index contributed by atoms with van der Waals surface area (Å²) < 4.78 is 18.4. The maximum atomic E-state index is 13.8. The molecule has 1 aromatic heterocycles. The third-order valence-electron chi connectivity index (χ3n) is 6.45. The highest BCUT2D eigenvalue weighted by Crippen LogP contribution is 2.32. The number of esters is 1. The van der Waals surface area contributed by atoms with E-state index in [9.17, 15) is 9.59 Å². The number of ether oxygens (including phenoxy) is 3. The Morgan fingerprint density at radius 3 is 2.49 bits per heavy atom. The van der Waals surface area contributed by atoms with E-state index < -0.39 is 12.0 Å². The molecule has 10 heteroatoms. The molecule has 0 bridgehead atoms. The van der Waals surface area contributed by atoms with Crippen LogP contribution in [0.3, 0.4) is 0 Å². The van der Waals surface area contributed by atoms with Crippen molar-refractivity contribution in [1.29, 1.82) is 0 Å². The molecule has 5 rings (SSSR count). The number of nitrogens with zero attached hydrogens (tertiary/aromatic N) is 2. The quantitative estimate of drug-likeness (QED) is 0.190. The number of allylic oxidation sites excluding steroid dienone is 1. The summed E-state index contributed by atoms with van der Waals surface area (Å²) in [6.45, 7) is 2.49. The number of hydrogen-bond donors (Lipinski definition) is 0. The number of halogens is 2. The molecule has 210 valence electrons. The zero-order valence-electron chi connectivity index (χ0n) is 22.3. The molecule has 0 radical (unpaired) electrons. The topological polar surface area (TPSA) is 79.1 Å². The van der Waals surface area contributed by atoms with Crippen molar-refractivity contribution in [3.8, 4) is 5.75 Å². The average molecular weight is 610 g/mol. The lowest BCUT2D eigenvalue weighted by molar-refractivity contribution is -0.140. The van der Waals surface area contributed by atoms with Crippen molar-refractivity contribution >= 4 is 46.6 Å². The third kappa shape index (κ3) is 6.47. The van der Waals surface area contributed by atoms with Crippen LogP contribution in [0.1, 0.15) is 29.7 Å². The first-order chi connectivity index (χ1) is 19.9. The van der Waals surface area contributed by atoms with Gasteiger partial charge in [-0.3, -0.25) is 9.36 Å². The molecule has 0 aliphatic carbocycles. The lowest BCUT2D eigenvalue weighted by Gasteiger charge is -2.25. The summed E-state index contributed by atoms with van der Waals surface area (Å²) in [6, 6.07) is 21.6. The number of methoxy groups -OCH3 is 1. The molecular formula is C31H26Cl2N2O5S. The zero-order valence-corrected chi connectivity index (χ0v) is 24.6. The molecule has 1 aliphatic rings. The molecule has 4 aromatic rings. The van der Waals surface area contributed by atoms with Gasteiger partial charge >= 0.3 is 5.97 Å². The maximum Gasteiger partial charge on any atom is 0.338 e. The van der Waals surface area contributed by atoms with E-state index in [4.69, 9.17) is 37.4 Å². The third-order valence-corrected chi connectivity index (χ3v) is 8.17. The van der Waals surface area contributed by atoms with E-state index in [1.165, 1.54) is 23.0 Å². The van der Waals surface area contributed by atoms with Crippen LogP contribution in [0.15, 0.2) is 93.9 Å². The molecule has 41 heavy (non-hydrogen) atoms. The molecule has 3 aromatic carbocycles. The summed E-state index contributed by atoms with van der Waals surface area (Å²) in [6.07, 6.45) is 1.74. The Hall–Kier alpha value is -3.69. The molecule has 0 saturated carbocycles. The van der Waals surface area contributed by atoms with Crippen LogP contribution in [0.4, 0.5) is 0 Å². The number of rotatable bonds is 9. The molecule has 7 nitrogen and oxygen atoms in total. The van der Waals surface area contributed by atoms with Gasteiger partial charge in [0.2, 0.25) is 0 Å². The van der Waals surface area contributed by atoms with Crippen LogP contribution in [0.5, 0.6) is 5.75 Å². The van der Waals surface area contributed by atoms with Gasteiger partial charge < -0.3 is 14.2 Å². The van der Waals surface area contributed by atoms with Crippen LogP contribution in [0, 0.1) is 0 Å². The van der Waals surface area contributed by atoms with Crippen LogP contribution in [0.25, 0.3) is 6.08 Å². The fourth-order valence-corrected chi connectivity index (χ4v) is 5.79. The SMILES string of the molecule is COCCOC(=O)C1=C(C)N=c2sc(=Cc3ccc(Cl)c(Cl)c3)c(=O)n2C1c1ccc(OCc2ccccc2)cc1. The lowest BCUT2D eigenvalue weighted by atomic mass is 9.96. The molecule has 0 N–H and O–H groups in total. The van der Waals surface area contributed by atoms with Crippen molar-refractivity contribution in [1.82, 2.24) is 4.57 Å². The molecule has 2 heterocycles. The number of fused-ring (bicyclic) bond motifs is 1. The predicted molar refractivity (Wildman–Crippen MR) is 160 cm³/mol. The van der Waals surface area contributed by atoms with Crippen molar-refractivity contribution in [2.45, 2.75) is 19.6 Å². The summed E-state index contributed by atoms with van der Waals surface area (Å²) in [5.74, 6) is 0.103. The van der Waals surface area contributed by atoms with Gasteiger partial charge in [0.1, 0.15) is 19.0 Å². The Morgan fingerprint density at radius 1 is 1.02 bits per heavy atom. The summed E-state index contributed by atoms with van der Waals surface area (Å²) >= 11 is 13.5. The predicted octanol–water partition coefficient (Wildman–Crippen LogP) is 5.31. The van der Waals surface area contributed by atoms with E-state index >= 15 is 0 Å². The molecule has 0 saturated heterocycles. The van der Waals surface area contributed by atoms with Crippen molar-refractivity contribution in [3.63, 3.8) is 0 Å². The van der Waals surface area contributed by atoms with Crippen LogP contribution < -0.4 is 19.6 Å². The van der Waals surface area contributed by atoms with Crippen LogP contribution in [-0.2, 0) is 20.9 Å². The van der Waals surface area contributed by atoms with E-state index in [1.54, 1.807) is 31.2 Å². The minimum atomic E-state index is -0.750. The molecule has 0 fully saturated rings.